The molecule has 0 saturated carbocycles. The summed E-state index contributed by atoms with van der Waals surface area (Å²) in [7, 11) is 1.38. The van der Waals surface area contributed by atoms with Gasteiger partial charge in [0.25, 0.3) is 0 Å². The molecule has 0 aliphatic heterocycles. The number of hydrogen-bond acceptors (Lipinski definition) is 7. The standard InChI is InChI=1S/C30H33N3O4S3/c1-18(34)20-13-15-21(16-14-20)31-30(38)32-22-9-8-10-23(17-22)39-19(2)27(35)33-28-26(29(36)37-3)24-11-6-4-5-7-12-25(24)40-28/h8-10,13-17,19H,4-7,11-12H2,1-3H3,(H,33,35)(H2,31,32,38). The lowest BCUT2D eigenvalue weighted by atomic mass is 9.96. The lowest BCUT2D eigenvalue weighted by molar-refractivity contribution is -0.115. The number of amides is 1. The first kappa shape index (κ1) is 29.8. The van der Waals surface area contributed by atoms with Crippen molar-refractivity contribution in [2.75, 3.05) is 23.1 Å². The molecule has 0 bridgehead atoms. The summed E-state index contributed by atoms with van der Waals surface area (Å²) in [5.74, 6) is -0.561. The first-order valence-corrected chi connectivity index (χ1v) is 15.3. The molecule has 1 aliphatic carbocycles. The number of thiophene rings is 1. The second kappa shape index (κ2) is 13.9. The molecule has 0 radical (unpaired) electrons. The van der Waals surface area contributed by atoms with Crippen molar-refractivity contribution in [2.45, 2.75) is 62.5 Å². The van der Waals surface area contributed by atoms with Crippen molar-refractivity contribution in [1.82, 2.24) is 0 Å². The van der Waals surface area contributed by atoms with Crippen LogP contribution in [-0.2, 0) is 22.4 Å². The number of rotatable bonds is 8. The normalized spacial score (nSPS) is 13.7. The van der Waals surface area contributed by atoms with Gasteiger partial charge in [0.1, 0.15) is 5.00 Å². The van der Waals surface area contributed by atoms with E-state index in [1.807, 2.05) is 31.2 Å². The van der Waals surface area contributed by atoms with Gasteiger partial charge in [-0.05, 0) is 99.8 Å². The van der Waals surface area contributed by atoms with Crippen molar-refractivity contribution in [2.24, 2.45) is 0 Å². The molecular formula is C30H33N3O4S3. The highest BCUT2D eigenvalue weighted by molar-refractivity contribution is 8.00. The Morgan fingerprint density at radius 2 is 1.65 bits per heavy atom. The predicted molar refractivity (Wildman–Crippen MR) is 168 cm³/mol. The van der Waals surface area contributed by atoms with Gasteiger partial charge >= 0.3 is 5.97 Å². The number of thiocarbonyl (C=S) groups is 1. The number of esters is 1. The molecule has 0 spiro atoms. The summed E-state index contributed by atoms with van der Waals surface area (Å²) in [6, 6.07) is 14.8. The molecule has 3 aromatic rings. The molecule has 40 heavy (non-hydrogen) atoms. The van der Waals surface area contributed by atoms with Gasteiger partial charge in [-0.2, -0.15) is 0 Å². The average molecular weight is 596 g/mol. The SMILES string of the molecule is COC(=O)c1c(NC(=O)C(C)Sc2cccc(NC(=S)Nc3ccc(C(C)=O)cc3)c2)sc2c1CCCCCC2. The smallest absolute Gasteiger partial charge is 0.341 e. The summed E-state index contributed by atoms with van der Waals surface area (Å²) in [5, 5.41) is 9.88. The number of ether oxygens (including phenoxy) is 1. The molecule has 1 aliphatic rings. The number of fused-ring (bicyclic) bond motifs is 1. The van der Waals surface area contributed by atoms with E-state index in [-0.39, 0.29) is 11.7 Å². The summed E-state index contributed by atoms with van der Waals surface area (Å²) in [6.07, 6.45) is 6.20. The third-order valence-electron chi connectivity index (χ3n) is 6.62. The summed E-state index contributed by atoms with van der Waals surface area (Å²) in [6.45, 7) is 3.37. The van der Waals surface area contributed by atoms with Crippen molar-refractivity contribution in [1.29, 1.82) is 0 Å². The number of ketones is 1. The minimum absolute atomic E-state index is 0.00806. The number of carbonyl (C=O) groups excluding carboxylic acids is 3. The van der Waals surface area contributed by atoms with Gasteiger partial charge in [-0.25, -0.2) is 4.79 Å². The van der Waals surface area contributed by atoms with Gasteiger partial charge in [-0.15, -0.1) is 23.1 Å². The number of thioether (sulfide) groups is 1. The van der Waals surface area contributed by atoms with Crippen LogP contribution in [0.25, 0.3) is 0 Å². The lowest BCUT2D eigenvalue weighted by Gasteiger charge is -2.14. The number of nitrogens with one attached hydrogen (secondary N) is 3. The first-order chi connectivity index (χ1) is 19.2. The number of carbonyl (C=O) groups is 3. The highest BCUT2D eigenvalue weighted by atomic mass is 32.2. The zero-order valence-corrected chi connectivity index (χ0v) is 25.2. The molecule has 3 N–H and O–H groups in total. The van der Waals surface area contributed by atoms with Crippen LogP contribution in [0.2, 0.25) is 0 Å². The Kier molecular flexibility index (Phi) is 10.4. The van der Waals surface area contributed by atoms with Crippen LogP contribution in [0.4, 0.5) is 16.4 Å². The fourth-order valence-corrected chi connectivity index (χ4v) is 6.97. The first-order valence-electron chi connectivity index (χ1n) is 13.2. The molecule has 0 fully saturated rings. The number of hydrogen-bond donors (Lipinski definition) is 3. The third kappa shape index (κ3) is 7.71. The van der Waals surface area contributed by atoms with Crippen molar-refractivity contribution in [3.8, 4) is 0 Å². The summed E-state index contributed by atoms with van der Waals surface area (Å²) < 4.78 is 5.08. The van der Waals surface area contributed by atoms with Crippen LogP contribution in [0.3, 0.4) is 0 Å². The van der Waals surface area contributed by atoms with Gasteiger partial charge in [-0.3, -0.25) is 9.59 Å². The van der Waals surface area contributed by atoms with Gasteiger partial charge in [0.2, 0.25) is 5.91 Å². The molecule has 1 heterocycles. The predicted octanol–water partition coefficient (Wildman–Crippen LogP) is 7.32. The number of methoxy groups -OCH3 is 1. The molecule has 1 aromatic heterocycles. The molecule has 210 valence electrons. The van der Waals surface area contributed by atoms with E-state index in [0.717, 1.165) is 53.9 Å². The second-order valence-electron chi connectivity index (χ2n) is 9.60. The summed E-state index contributed by atoms with van der Waals surface area (Å²) in [5.41, 5.74) is 3.73. The molecular weight excluding hydrogens is 563 g/mol. The Labute approximate surface area is 248 Å². The van der Waals surface area contributed by atoms with Crippen LogP contribution in [0.1, 0.15) is 70.7 Å². The van der Waals surface area contributed by atoms with E-state index in [2.05, 4.69) is 16.0 Å². The van der Waals surface area contributed by atoms with Crippen molar-refractivity contribution < 1.29 is 19.1 Å². The van der Waals surface area contributed by atoms with Crippen LogP contribution in [0.5, 0.6) is 0 Å². The minimum atomic E-state index is -0.407. The topological polar surface area (TPSA) is 96.5 Å². The minimum Gasteiger partial charge on any atom is -0.465 e. The number of Topliss-reactive ketones (excluding diaryl/α,β-unsaturated/α-hetero) is 1. The maximum absolute atomic E-state index is 13.2. The van der Waals surface area contributed by atoms with Crippen molar-refractivity contribution in [3.05, 3.63) is 70.1 Å². The Balaban J connectivity index is 1.39. The van der Waals surface area contributed by atoms with Gasteiger partial charge in [-0.1, -0.05) is 18.9 Å². The molecule has 2 aromatic carbocycles. The lowest BCUT2D eigenvalue weighted by Crippen LogP contribution is -2.23. The Morgan fingerprint density at radius 3 is 2.35 bits per heavy atom. The highest BCUT2D eigenvalue weighted by Gasteiger charge is 2.27. The van der Waals surface area contributed by atoms with Crippen molar-refractivity contribution >= 4 is 74.5 Å². The molecule has 1 unspecified atom stereocenters. The summed E-state index contributed by atoms with van der Waals surface area (Å²) >= 11 is 8.37. The Hall–Kier alpha value is -3.21. The van der Waals surface area contributed by atoms with E-state index in [4.69, 9.17) is 17.0 Å². The zero-order valence-electron chi connectivity index (χ0n) is 22.8. The van der Waals surface area contributed by atoms with E-state index >= 15 is 0 Å². The quantitative estimate of drug-likeness (QED) is 0.108. The molecule has 4 rings (SSSR count). The number of benzene rings is 2. The largest absolute Gasteiger partial charge is 0.465 e. The zero-order chi connectivity index (χ0) is 28.6. The Bertz CT molecular complexity index is 1400. The van der Waals surface area contributed by atoms with Gasteiger partial charge in [0.15, 0.2) is 10.9 Å². The van der Waals surface area contributed by atoms with Crippen LogP contribution < -0.4 is 16.0 Å². The average Bonchev–Trinajstić information content (AvgIpc) is 3.24. The highest BCUT2D eigenvalue weighted by Crippen LogP contribution is 2.38. The van der Waals surface area contributed by atoms with Gasteiger partial charge in [0, 0.05) is 26.7 Å². The van der Waals surface area contributed by atoms with E-state index in [0.29, 0.717) is 21.2 Å². The van der Waals surface area contributed by atoms with Gasteiger partial charge < -0.3 is 20.7 Å². The maximum Gasteiger partial charge on any atom is 0.341 e. The monoisotopic (exact) mass is 595 g/mol. The molecule has 1 amide bonds. The van der Waals surface area contributed by atoms with Crippen LogP contribution in [-0.4, -0.2) is 35.1 Å². The molecule has 10 heteroatoms. The molecule has 0 saturated heterocycles. The van der Waals surface area contributed by atoms with E-state index in [1.54, 1.807) is 24.3 Å². The second-order valence-corrected chi connectivity index (χ2v) is 12.5. The van der Waals surface area contributed by atoms with E-state index in [1.165, 1.54) is 48.4 Å². The van der Waals surface area contributed by atoms with E-state index < -0.39 is 11.2 Å². The summed E-state index contributed by atoms with van der Waals surface area (Å²) in [4.78, 5) is 39.4. The van der Waals surface area contributed by atoms with Gasteiger partial charge in [0.05, 0.1) is 17.9 Å². The van der Waals surface area contributed by atoms with Crippen LogP contribution in [0.15, 0.2) is 53.4 Å². The number of aryl methyl sites for hydroxylation is 1. The fraction of sp³-hybridized carbons (Fsp3) is 0.333. The van der Waals surface area contributed by atoms with E-state index in [9.17, 15) is 14.4 Å². The fourth-order valence-electron chi connectivity index (χ4n) is 4.53. The van der Waals surface area contributed by atoms with Crippen LogP contribution in [0, 0.1) is 0 Å². The maximum atomic E-state index is 13.2. The third-order valence-corrected chi connectivity index (χ3v) is 9.13. The van der Waals surface area contributed by atoms with Crippen molar-refractivity contribution in [3.63, 3.8) is 0 Å². The number of anilines is 3. The molecule has 7 nitrogen and oxygen atoms in total. The molecule has 1 atom stereocenters. The van der Waals surface area contributed by atoms with Crippen LogP contribution >= 0.6 is 35.3 Å². The Morgan fingerprint density at radius 1 is 0.950 bits per heavy atom.